The van der Waals surface area contributed by atoms with Gasteiger partial charge in [-0.2, -0.15) is 0 Å². The third-order valence-electron chi connectivity index (χ3n) is 4.81. The van der Waals surface area contributed by atoms with Gasteiger partial charge in [-0.25, -0.2) is 9.59 Å². The van der Waals surface area contributed by atoms with E-state index in [4.69, 9.17) is 18.9 Å². The van der Waals surface area contributed by atoms with Crippen LogP contribution in [0.25, 0.3) is 0 Å². The molecule has 29 heavy (non-hydrogen) atoms. The molecule has 0 saturated carbocycles. The molecule has 2 aromatic rings. The van der Waals surface area contributed by atoms with Crippen LogP contribution in [0.2, 0.25) is 0 Å². The van der Waals surface area contributed by atoms with Crippen LogP contribution in [-0.4, -0.2) is 42.1 Å². The number of carbonyl (C=O) groups is 2. The largest absolute Gasteiger partial charge is 0.452 e. The molecule has 1 fully saturated rings. The quantitative estimate of drug-likeness (QED) is 0.584. The lowest BCUT2D eigenvalue weighted by Gasteiger charge is -2.31. The fourth-order valence-electron chi connectivity index (χ4n) is 3.51. The standard InChI is InChI=1S/C23H22O6/c1-23(2)28-19-17(26-21(24)15-9-5-3-6-10-15)13-14-18(20(19)29-23)27-22(25)16-11-7-4-8-12-16/h3-14,17-20H,1-2H3/t17-,18-,19-,20-/m0/s1. The van der Waals surface area contributed by atoms with Crippen molar-refractivity contribution in [3.05, 3.63) is 83.9 Å². The topological polar surface area (TPSA) is 71.1 Å². The molecular formula is C23H22O6. The summed E-state index contributed by atoms with van der Waals surface area (Å²) in [6.45, 7) is 3.55. The normalized spacial score (nSPS) is 27.1. The van der Waals surface area contributed by atoms with Gasteiger partial charge in [0.05, 0.1) is 11.1 Å². The zero-order valence-corrected chi connectivity index (χ0v) is 16.2. The maximum absolute atomic E-state index is 12.5. The first-order chi connectivity index (χ1) is 13.9. The van der Waals surface area contributed by atoms with Gasteiger partial charge in [0.25, 0.3) is 0 Å². The highest BCUT2D eigenvalue weighted by atomic mass is 16.8. The summed E-state index contributed by atoms with van der Waals surface area (Å²) in [6, 6.07) is 17.5. The molecule has 1 aliphatic carbocycles. The molecule has 0 amide bonds. The molecule has 1 aliphatic heterocycles. The summed E-state index contributed by atoms with van der Waals surface area (Å²) in [5, 5.41) is 0. The smallest absolute Gasteiger partial charge is 0.338 e. The van der Waals surface area contributed by atoms with Crippen LogP contribution >= 0.6 is 0 Å². The Morgan fingerprint density at radius 2 is 1.10 bits per heavy atom. The van der Waals surface area contributed by atoms with E-state index in [0.717, 1.165) is 0 Å². The number of fused-ring (bicyclic) bond motifs is 1. The average Bonchev–Trinajstić information content (AvgIpc) is 3.07. The van der Waals surface area contributed by atoms with Crippen LogP contribution in [0.1, 0.15) is 34.6 Å². The van der Waals surface area contributed by atoms with Crippen LogP contribution in [0.15, 0.2) is 72.8 Å². The molecule has 0 spiro atoms. The van der Waals surface area contributed by atoms with E-state index < -0.39 is 42.1 Å². The number of rotatable bonds is 4. The van der Waals surface area contributed by atoms with Gasteiger partial charge in [-0.3, -0.25) is 0 Å². The summed E-state index contributed by atoms with van der Waals surface area (Å²) in [4.78, 5) is 24.9. The molecule has 0 aromatic heterocycles. The second kappa shape index (κ2) is 7.81. The Bertz CT molecular complexity index is 832. The molecule has 0 radical (unpaired) electrons. The lowest BCUT2D eigenvalue weighted by atomic mass is 9.96. The second-order valence-corrected chi connectivity index (χ2v) is 7.42. The summed E-state index contributed by atoms with van der Waals surface area (Å²) < 4.78 is 23.3. The summed E-state index contributed by atoms with van der Waals surface area (Å²) in [6.07, 6.45) is 0.903. The first-order valence-corrected chi connectivity index (χ1v) is 9.49. The first-order valence-electron chi connectivity index (χ1n) is 9.49. The van der Waals surface area contributed by atoms with Crippen LogP contribution < -0.4 is 0 Å². The molecule has 150 valence electrons. The van der Waals surface area contributed by atoms with Crippen molar-refractivity contribution in [3.63, 3.8) is 0 Å². The van der Waals surface area contributed by atoms with E-state index >= 15 is 0 Å². The number of hydrogen-bond acceptors (Lipinski definition) is 6. The molecule has 6 nitrogen and oxygen atoms in total. The Labute approximate surface area is 169 Å². The Kier molecular flexibility index (Phi) is 5.22. The fourth-order valence-corrected chi connectivity index (χ4v) is 3.51. The minimum absolute atomic E-state index is 0.452. The van der Waals surface area contributed by atoms with E-state index in [9.17, 15) is 9.59 Å². The van der Waals surface area contributed by atoms with Gasteiger partial charge in [0.15, 0.2) is 5.79 Å². The van der Waals surface area contributed by atoms with E-state index in [0.29, 0.717) is 11.1 Å². The van der Waals surface area contributed by atoms with Crippen LogP contribution in [0.4, 0.5) is 0 Å². The molecule has 0 unspecified atom stereocenters. The van der Waals surface area contributed by atoms with Crippen molar-refractivity contribution in [3.8, 4) is 0 Å². The fraction of sp³-hybridized carbons (Fsp3) is 0.304. The predicted molar refractivity (Wildman–Crippen MR) is 104 cm³/mol. The second-order valence-electron chi connectivity index (χ2n) is 7.42. The third kappa shape index (κ3) is 4.23. The molecular weight excluding hydrogens is 372 g/mol. The minimum Gasteiger partial charge on any atom is -0.452 e. The molecule has 4 rings (SSSR count). The maximum Gasteiger partial charge on any atom is 0.338 e. The molecule has 2 aromatic carbocycles. The van der Waals surface area contributed by atoms with Gasteiger partial charge in [-0.15, -0.1) is 0 Å². The number of benzene rings is 2. The lowest BCUT2D eigenvalue weighted by Crippen LogP contribution is -2.47. The number of carbonyl (C=O) groups excluding carboxylic acids is 2. The van der Waals surface area contributed by atoms with Crippen molar-refractivity contribution in [2.45, 2.75) is 44.1 Å². The molecule has 1 heterocycles. The molecule has 6 heteroatoms. The lowest BCUT2D eigenvalue weighted by molar-refractivity contribution is -0.156. The van der Waals surface area contributed by atoms with Gasteiger partial charge in [-0.05, 0) is 50.3 Å². The van der Waals surface area contributed by atoms with Crippen LogP contribution in [-0.2, 0) is 18.9 Å². The van der Waals surface area contributed by atoms with E-state index in [1.165, 1.54) is 0 Å². The Hall–Kier alpha value is -2.96. The van der Waals surface area contributed by atoms with E-state index in [1.54, 1.807) is 74.5 Å². The zero-order valence-electron chi connectivity index (χ0n) is 16.2. The van der Waals surface area contributed by atoms with Gasteiger partial charge >= 0.3 is 11.9 Å². The molecule has 1 saturated heterocycles. The number of esters is 2. The minimum atomic E-state index is -0.893. The zero-order chi connectivity index (χ0) is 20.4. The Morgan fingerprint density at radius 3 is 1.48 bits per heavy atom. The summed E-state index contributed by atoms with van der Waals surface area (Å²) >= 11 is 0. The van der Waals surface area contributed by atoms with Crippen LogP contribution in [0.3, 0.4) is 0 Å². The van der Waals surface area contributed by atoms with E-state index in [2.05, 4.69) is 0 Å². The van der Waals surface area contributed by atoms with Crippen molar-refractivity contribution < 1.29 is 28.5 Å². The van der Waals surface area contributed by atoms with Crippen LogP contribution in [0.5, 0.6) is 0 Å². The highest BCUT2D eigenvalue weighted by Gasteiger charge is 2.52. The Balaban J connectivity index is 1.52. The van der Waals surface area contributed by atoms with Crippen molar-refractivity contribution in [2.75, 3.05) is 0 Å². The van der Waals surface area contributed by atoms with E-state index in [-0.39, 0.29) is 0 Å². The monoisotopic (exact) mass is 394 g/mol. The van der Waals surface area contributed by atoms with Gasteiger partial charge in [-0.1, -0.05) is 36.4 Å². The van der Waals surface area contributed by atoms with Gasteiger partial charge in [0.1, 0.15) is 24.4 Å². The Morgan fingerprint density at radius 1 is 0.724 bits per heavy atom. The average molecular weight is 394 g/mol. The van der Waals surface area contributed by atoms with Gasteiger partial charge in [0, 0.05) is 0 Å². The molecule has 0 bridgehead atoms. The third-order valence-corrected chi connectivity index (χ3v) is 4.81. The van der Waals surface area contributed by atoms with Crippen molar-refractivity contribution >= 4 is 11.9 Å². The van der Waals surface area contributed by atoms with Crippen LogP contribution in [0, 0.1) is 0 Å². The summed E-state index contributed by atoms with van der Waals surface area (Å²) in [7, 11) is 0. The van der Waals surface area contributed by atoms with Gasteiger partial charge in [0.2, 0.25) is 0 Å². The van der Waals surface area contributed by atoms with E-state index in [1.807, 2.05) is 12.1 Å². The van der Waals surface area contributed by atoms with Crippen molar-refractivity contribution in [1.29, 1.82) is 0 Å². The first kappa shape index (κ1) is 19.4. The number of hydrogen-bond donors (Lipinski definition) is 0. The SMILES string of the molecule is CC1(C)O[C@@H]2[C@@H](O1)[C@@H](OC(=O)c1ccccc1)C=C[C@@H]2OC(=O)c1ccccc1. The molecule has 2 aliphatic rings. The predicted octanol–water partition coefficient (Wildman–Crippen LogP) is 3.53. The van der Waals surface area contributed by atoms with Crippen molar-refractivity contribution in [1.82, 2.24) is 0 Å². The number of ether oxygens (including phenoxy) is 4. The molecule has 4 atom stereocenters. The highest BCUT2D eigenvalue weighted by Crippen LogP contribution is 2.37. The molecule has 0 N–H and O–H groups in total. The van der Waals surface area contributed by atoms with Gasteiger partial charge < -0.3 is 18.9 Å². The highest BCUT2D eigenvalue weighted by molar-refractivity contribution is 5.90. The summed E-state index contributed by atoms with van der Waals surface area (Å²) in [5.74, 6) is -1.80. The maximum atomic E-state index is 12.5. The summed E-state index contributed by atoms with van der Waals surface area (Å²) in [5.41, 5.74) is 0.904. The van der Waals surface area contributed by atoms with Crippen molar-refractivity contribution in [2.24, 2.45) is 0 Å².